The van der Waals surface area contributed by atoms with Gasteiger partial charge in [0.15, 0.2) is 15.6 Å². The third-order valence-electron chi connectivity index (χ3n) is 8.26. The molecule has 0 radical (unpaired) electrons. The van der Waals surface area contributed by atoms with Crippen molar-refractivity contribution in [2.45, 2.75) is 36.1 Å². The number of aromatic nitrogens is 4. The van der Waals surface area contributed by atoms with E-state index in [-0.39, 0.29) is 10.9 Å². The summed E-state index contributed by atoms with van der Waals surface area (Å²) < 4.78 is 41.4. The number of benzene rings is 1. The van der Waals surface area contributed by atoms with Crippen molar-refractivity contribution in [3.8, 4) is 22.9 Å². The maximum atomic E-state index is 14.3. The van der Waals surface area contributed by atoms with E-state index < -0.39 is 21.3 Å². The van der Waals surface area contributed by atoms with Crippen LogP contribution in [0, 0.1) is 6.92 Å². The van der Waals surface area contributed by atoms with Crippen LogP contribution in [-0.4, -0.2) is 77.4 Å². The lowest BCUT2D eigenvalue weighted by atomic mass is 10.0. The van der Waals surface area contributed by atoms with E-state index in [0.29, 0.717) is 65.4 Å². The molecule has 44 heavy (non-hydrogen) atoms. The minimum absolute atomic E-state index is 0.198. The number of aryl methyl sites for hydroxylation is 2. The summed E-state index contributed by atoms with van der Waals surface area (Å²) in [4.78, 5) is 25.6. The molecule has 0 spiro atoms. The van der Waals surface area contributed by atoms with Crippen LogP contribution in [0.25, 0.3) is 33.3 Å². The van der Waals surface area contributed by atoms with Gasteiger partial charge in [0, 0.05) is 55.6 Å². The van der Waals surface area contributed by atoms with Crippen LogP contribution in [0.1, 0.15) is 29.3 Å². The second-order valence-electron chi connectivity index (χ2n) is 11.0. The van der Waals surface area contributed by atoms with Crippen molar-refractivity contribution in [2.75, 3.05) is 27.3 Å². The molecule has 4 aromatic heterocycles. The molecule has 6 rings (SSSR count). The molecule has 3 N–H and O–H groups in total. The smallest absolute Gasteiger partial charge is 0.407 e. The van der Waals surface area contributed by atoms with Gasteiger partial charge in [0.1, 0.15) is 16.5 Å². The van der Waals surface area contributed by atoms with Gasteiger partial charge in [0.25, 0.3) is 5.88 Å². The molecular weight excluding hydrogens is 584 g/mol. The summed E-state index contributed by atoms with van der Waals surface area (Å²) in [6.07, 6.45) is 3.55. The quantitative estimate of drug-likeness (QED) is 0.226. The molecule has 0 bridgehead atoms. The van der Waals surface area contributed by atoms with E-state index in [0.717, 1.165) is 16.6 Å². The molecular formula is C31H34N6O6S. The first-order valence-corrected chi connectivity index (χ1v) is 15.8. The van der Waals surface area contributed by atoms with Crippen molar-refractivity contribution in [1.82, 2.24) is 29.7 Å². The van der Waals surface area contributed by atoms with Gasteiger partial charge in [-0.05, 0) is 49.6 Å². The third kappa shape index (κ3) is 5.22. The molecule has 5 aromatic rings. The largest absolute Gasteiger partial charge is 0.491 e. The van der Waals surface area contributed by atoms with Crippen LogP contribution in [0.15, 0.2) is 59.8 Å². The second-order valence-corrected chi connectivity index (χ2v) is 13.0. The van der Waals surface area contributed by atoms with Crippen LogP contribution in [0.5, 0.6) is 11.6 Å². The molecule has 0 saturated carbocycles. The van der Waals surface area contributed by atoms with Crippen molar-refractivity contribution in [3.05, 3.63) is 66.0 Å². The van der Waals surface area contributed by atoms with Gasteiger partial charge >= 0.3 is 6.09 Å². The van der Waals surface area contributed by atoms with Crippen molar-refractivity contribution < 1.29 is 27.8 Å². The summed E-state index contributed by atoms with van der Waals surface area (Å²) in [5, 5.41) is 12.3. The average Bonchev–Trinajstić information content (AvgIpc) is 3.60. The van der Waals surface area contributed by atoms with Gasteiger partial charge < -0.3 is 29.0 Å². The lowest BCUT2D eigenvalue weighted by Gasteiger charge is -2.33. The zero-order chi connectivity index (χ0) is 31.2. The van der Waals surface area contributed by atoms with E-state index in [1.165, 1.54) is 12.0 Å². The lowest BCUT2D eigenvalue weighted by molar-refractivity contribution is 0.128. The number of nitrogens with zero attached hydrogens (tertiary/aromatic N) is 4. The zero-order valence-electron chi connectivity index (χ0n) is 24.9. The van der Waals surface area contributed by atoms with Crippen LogP contribution in [0.3, 0.4) is 0 Å². The number of piperidine rings is 1. The van der Waals surface area contributed by atoms with Crippen LogP contribution >= 0.6 is 0 Å². The number of pyridine rings is 2. The molecule has 13 heteroatoms. The van der Waals surface area contributed by atoms with E-state index in [2.05, 4.69) is 15.3 Å². The highest BCUT2D eigenvalue weighted by atomic mass is 32.2. The third-order valence-corrected chi connectivity index (χ3v) is 10.2. The lowest BCUT2D eigenvalue weighted by Crippen LogP contribution is -2.46. The monoisotopic (exact) mass is 618 g/mol. The topological polar surface area (TPSA) is 152 Å². The summed E-state index contributed by atoms with van der Waals surface area (Å²) in [6, 6.07) is 12.1. The van der Waals surface area contributed by atoms with Crippen molar-refractivity contribution >= 4 is 38.0 Å². The highest BCUT2D eigenvalue weighted by Crippen LogP contribution is 2.38. The summed E-state index contributed by atoms with van der Waals surface area (Å²) in [5.41, 5.74) is 5.05. The number of fused-ring (bicyclic) bond motifs is 2. The number of aromatic amines is 1. The Morgan fingerprint density at radius 3 is 2.50 bits per heavy atom. The van der Waals surface area contributed by atoms with Crippen LogP contribution < -0.4 is 14.8 Å². The van der Waals surface area contributed by atoms with Crippen LogP contribution in [0.2, 0.25) is 0 Å². The Kier molecular flexibility index (Phi) is 7.68. The Morgan fingerprint density at radius 2 is 1.84 bits per heavy atom. The Balaban J connectivity index is 1.46. The first-order valence-electron chi connectivity index (χ1n) is 14.2. The number of carboxylic acid groups (broad SMARTS) is 1. The molecule has 5 heterocycles. The fraction of sp³-hybridized carbons (Fsp3) is 0.323. The first kappa shape index (κ1) is 29.5. The maximum Gasteiger partial charge on any atom is 0.407 e. The number of methoxy groups -OCH3 is 2. The van der Waals surface area contributed by atoms with Gasteiger partial charge in [-0.3, -0.25) is 5.32 Å². The van der Waals surface area contributed by atoms with Gasteiger partial charge in [-0.1, -0.05) is 17.7 Å². The summed E-state index contributed by atoms with van der Waals surface area (Å²) in [7, 11) is 1.08. The highest BCUT2D eigenvalue weighted by Gasteiger charge is 2.34. The van der Waals surface area contributed by atoms with Gasteiger partial charge in [0.2, 0.25) is 0 Å². The number of hydrogen-bond acceptors (Lipinski definition) is 8. The molecule has 0 aliphatic carbocycles. The number of hydrogen-bond donors (Lipinski definition) is 3. The minimum Gasteiger partial charge on any atom is -0.491 e. The molecule has 1 aliphatic heterocycles. The van der Waals surface area contributed by atoms with Crippen molar-refractivity contribution in [1.29, 1.82) is 0 Å². The highest BCUT2D eigenvalue weighted by molar-refractivity contribution is 7.91. The minimum atomic E-state index is -3.92. The SMILES string of the molecule is COc1cc2c(nc1OC)c(-c1cc3c(C(NC4CCN(C(=O)O)CC4)S(=O)(=O)c4ccc(C)cc4)ccnc3[nH]1)cn2C. The van der Waals surface area contributed by atoms with E-state index >= 15 is 0 Å². The molecule has 1 unspecified atom stereocenters. The molecule has 1 amide bonds. The number of nitrogens with one attached hydrogen (secondary N) is 2. The standard InChI is InChI=1S/C31H34N6O6S/c1-18-5-7-20(8-6-18)44(40,41)30(33-19-10-13-37(14-11-19)31(38)39)21-9-12-32-28-22(21)15-24(34-28)23-17-36(2)25-16-26(42-3)29(43-4)35-27(23)25/h5-9,12,15-17,19,30,33H,10-11,13-14H2,1-4H3,(H,32,34)(H,38,39). The molecule has 230 valence electrons. The Bertz CT molecular complexity index is 1960. The average molecular weight is 619 g/mol. The maximum absolute atomic E-state index is 14.3. The van der Waals surface area contributed by atoms with E-state index in [4.69, 9.17) is 14.5 Å². The zero-order valence-corrected chi connectivity index (χ0v) is 25.7. The molecule has 1 atom stereocenters. The molecule has 1 saturated heterocycles. The van der Waals surface area contributed by atoms with Crippen molar-refractivity contribution in [3.63, 3.8) is 0 Å². The fourth-order valence-electron chi connectivity index (χ4n) is 5.83. The molecule has 12 nitrogen and oxygen atoms in total. The number of carbonyl (C=O) groups is 1. The van der Waals surface area contributed by atoms with Gasteiger partial charge in [-0.2, -0.15) is 0 Å². The summed E-state index contributed by atoms with van der Waals surface area (Å²) in [6.45, 7) is 2.56. The number of H-pyrrole nitrogens is 1. The van der Waals surface area contributed by atoms with Gasteiger partial charge in [-0.25, -0.2) is 23.2 Å². The summed E-state index contributed by atoms with van der Waals surface area (Å²) in [5.74, 6) is 0.863. The number of sulfone groups is 1. The first-order chi connectivity index (χ1) is 21.1. The van der Waals surface area contributed by atoms with Gasteiger partial charge in [-0.15, -0.1) is 0 Å². The Labute approximate surface area is 254 Å². The normalized spacial score (nSPS) is 15.1. The summed E-state index contributed by atoms with van der Waals surface area (Å²) >= 11 is 0. The molecule has 1 fully saturated rings. The molecule has 1 aromatic carbocycles. The fourth-order valence-corrected chi connectivity index (χ4v) is 7.53. The number of likely N-dealkylation sites (tertiary alicyclic amines) is 1. The van der Waals surface area contributed by atoms with Crippen LogP contribution in [-0.2, 0) is 16.9 Å². The van der Waals surface area contributed by atoms with Crippen LogP contribution in [0.4, 0.5) is 4.79 Å². The van der Waals surface area contributed by atoms with E-state index in [1.807, 2.05) is 36.9 Å². The molecule has 1 aliphatic rings. The predicted octanol–water partition coefficient (Wildman–Crippen LogP) is 4.65. The Morgan fingerprint density at radius 1 is 1.11 bits per heavy atom. The van der Waals surface area contributed by atoms with Crippen molar-refractivity contribution in [2.24, 2.45) is 7.05 Å². The predicted molar refractivity (Wildman–Crippen MR) is 166 cm³/mol. The Hall–Kier alpha value is -4.62. The number of rotatable bonds is 8. The second kappa shape index (κ2) is 11.5. The van der Waals surface area contributed by atoms with E-state index in [1.54, 1.807) is 43.6 Å². The number of ether oxygens (including phenoxy) is 2. The number of amides is 1. The van der Waals surface area contributed by atoms with Gasteiger partial charge in [0.05, 0.1) is 30.3 Å². The van der Waals surface area contributed by atoms with E-state index in [9.17, 15) is 18.3 Å².